The lowest BCUT2D eigenvalue weighted by Crippen LogP contribution is -2.34. The minimum absolute atomic E-state index is 0.0208. The molecule has 1 saturated heterocycles. The summed E-state index contributed by atoms with van der Waals surface area (Å²) in [6, 6.07) is 4.37. The van der Waals surface area contributed by atoms with E-state index in [9.17, 15) is 4.79 Å². The lowest BCUT2D eigenvalue weighted by molar-refractivity contribution is -0.116. The van der Waals surface area contributed by atoms with Crippen LogP contribution in [0.2, 0.25) is 0 Å². The van der Waals surface area contributed by atoms with Crippen LogP contribution in [0, 0.1) is 11.3 Å². The summed E-state index contributed by atoms with van der Waals surface area (Å²) in [5.41, 5.74) is 0.538. The molecule has 1 aromatic heterocycles. The summed E-state index contributed by atoms with van der Waals surface area (Å²) >= 11 is 1.39. The molecule has 0 radical (unpaired) electrons. The lowest BCUT2D eigenvalue weighted by atomic mass is 10.1. The number of nitrogens with one attached hydrogen (secondary N) is 2. The highest BCUT2D eigenvalue weighted by molar-refractivity contribution is 7.14. The van der Waals surface area contributed by atoms with Gasteiger partial charge in [-0.1, -0.05) is 0 Å². The number of nitrogens with zero attached hydrogens (tertiary/aromatic N) is 2. The molecule has 0 aromatic carbocycles. The van der Waals surface area contributed by atoms with E-state index in [1.54, 1.807) is 6.07 Å². The van der Waals surface area contributed by atoms with Gasteiger partial charge in [0.1, 0.15) is 11.1 Å². The zero-order valence-corrected chi connectivity index (χ0v) is 13.2. The second-order valence-corrected chi connectivity index (χ2v) is 6.30. The Labute approximate surface area is 129 Å². The molecule has 1 aliphatic heterocycles. The molecule has 2 rings (SSSR count). The van der Waals surface area contributed by atoms with Crippen LogP contribution in [0.5, 0.6) is 0 Å². The van der Waals surface area contributed by atoms with E-state index in [-0.39, 0.29) is 5.91 Å². The Hall–Kier alpha value is -1.42. The summed E-state index contributed by atoms with van der Waals surface area (Å²) in [6.45, 7) is 2.91. The molecule has 0 bridgehead atoms. The van der Waals surface area contributed by atoms with E-state index in [4.69, 9.17) is 5.26 Å². The zero-order chi connectivity index (χ0) is 15.1. The molecule has 0 saturated carbocycles. The molecule has 1 unspecified atom stereocenters. The van der Waals surface area contributed by atoms with Crippen molar-refractivity contribution in [1.82, 2.24) is 10.2 Å². The first-order chi connectivity index (χ1) is 10.2. The first-order valence-corrected chi connectivity index (χ1v) is 8.27. The van der Waals surface area contributed by atoms with Gasteiger partial charge in [0.15, 0.2) is 0 Å². The summed E-state index contributed by atoms with van der Waals surface area (Å²) in [4.78, 5) is 14.3. The van der Waals surface area contributed by atoms with Gasteiger partial charge in [0.25, 0.3) is 0 Å². The van der Waals surface area contributed by atoms with Gasteiger partial charge in [0, 0.05) is 19.0 Å². The topological polar surface area (TPSA) is 68.2 Å². The Morgan fingerprint density at radius 2 is 2.43 bits per heavy atom. The smallest absolute Gasteiger partial charge is 0.226 e. The third kappa shape index (κ3) is 4.81. The Kier molecular flexibility index (Phi) is 6.18. The van der Waals surface area contributed by atoms with Gasteiger partial charge in [-0.25, -0.2) is 0 Å². The van der Waals surface area contributed by atoms with Crippen LogP contribution in [0.4, 0.5) is 5.00 Å². The van der Waals surface area contributed by atoms with Gasteiger partial charge in [0.05, 0.1) is 5.56 Å². The van der Waals surface area contributed by atoms with E-state index in [0.717, 1.165) is 26.1 Å². The SMILES string of the molecule is CN(CCC(=O)Nc1sccc1C#N)C1CCCNCC1. The second-order valence-electron chi connectivity index (χ2n) is 5.39. The van der Waals surface area contributed by atoms with E-state index in [1.807, 2.05) is 5.38 Å². The maximum atomic E-state index is 12.0. The van der Waals surface area contributed by atoms with Crippen LogP contribution in [0.3, 0.4) is 0 Å². The molecule has 1 amide bonds. The molecule has 2 N–H and O–H groups in total. The molecular weight excluding hydrogens is 284 g/mol. The highest BCUT2D eigenvalue weighted by Gasteiger charge is 2.17. The van der Waals surface area contributed by atoms with E-state index in [1.165, 1.54) is 24.2 Å². The van der Waals surface area contributed by atoms with Crippen molar-refractivity contribution in [1.29, 1.82) is 5.26 Å². The van der Waals surface area contributed by atoms with Crippen molar-refractivity contribution in [3.8, 4) is 6.07 Å². The van der Waals surface area contributed by atoms with Crippen LogP contribution in [0.15, 0.2) is 11.4 Å². The quantitative estimate of drug-likeness (QED) is 0.873. The minimum atomic E-state index is -0.0208. The Morgan fingerprint density at radius 1 is 1.57 bits per heavy atom. The van der Waals surface area contributed by atoms with Crippen molar-refractivity contribution in [2.75, 3.05) is 32.0 Å². The summed E-state index contributed by atoms with van der Waals surface area (Å²) < 4.78 is 0. The standard InChI is InChI=1S/C15H22N4OS/c1-19(13-3-2-7-17-8-4-13)9-5-14(20)18-15-12(11-16)6-10-21-15/h6,10,13,17H,2-5,7-9H2,1H3,(H,18,20). The summed E-state index contributed by atoms with van der Waals surface area (Å²) in [5, 5.41) is 17.6. The van der Waals surface area contributed by atoms with Crippen LogP contribution < -0.4 is 10.6 Å². The predicted molar refractivity (Wildman–Crippen MR) is 85.4 cm³/mol. The van der Waals surface area contributed by atoms with Crippen molar-refractivity contribution in [3.05, 3.63) is 17.0 Å². The van der Waals surface area contributed by atoms with Gasteiger partial charge >= 0.3 is 0 Å². The Balaban J connectivity index is 1.77. The number of hydrogen-bond acceptors (Lipinski definition) is 5. The number of carbonyl (C=O) groups excluding carboxylic acids is 1. The van der Waals surface area contributed by atoms with Crippen molar-refractivity contribution < 1.29 is 4.79 Å². The zero-order valence-electron chi connectivity index (χ0n) is 12.4. The number of carbonyl (C=O) groups is 1. The number of rotatable bonds is 5. The van der Waals surface area contributed by atoms with E-state index < -0.39 is 0 Å². The average Bonchev–Trinajstić information content (AvgIpc) is 2.75. The van der Waals surface area contributed by atoms with Crippen LogP contribution >= 0.6 is 11.3 Å². The number of amides is 1. The Morgan fingerprint density at radius 3 is 3.24 bits per heavy atom. The van der Waals surface area contributed by atoms with E-state index >= 15 is 0 Å². The van der Waals surface area contributed by atoms with Crippen molar-refractivity contribution in [2.24, 2.45) is 0 Å². The largest absolute Gasteiger partial charge is 0.317 e. The molecular formula is C15H22N4OS. The van der Waals surface area contributed by atoms with Crippen molar-refractivity contribution >= 4 is 22.2 Å². The molecule has 1 aromatic rings. The molecule has 1 fully saturated rings. The lowest BCUT2D eigenvalue weighted by Gasteiger charge is -2.26. The molecule has 0 spiro atoms. The predicted octanol–water partition coefficient (Wildman–Crippen LogP) is 2.02. The van der Waals surface area contributed by atoms with Crippen LogP contribution in [-0.2, 0) is 4.79 Å². The Bertz CT molecular complexity index is 500. The van der Waals surface area contributed by atoms with Gasteiger partial charge in [-0.05, 0) is 50.8 Å². The monoisotopic (exact) mass is 306 g/mol. The molecule has 1 aliphatic rings. The number of anilines is 1. The minimum Gasteiger partial charge on any atom is -0.317 e. The van der Waals surface area contributed by atoms with Crippen LogP contribution in [0.25, 0.3) is 0 Å². The van der Waals surface area contributed by atoms with Gasteiger partial charge in [-0.2, -0.15) is 5.26 Å². The maximum absolute atomic E-state index is 12.0. The van der Waals surface area contributed by atoms with E-state index in [2.05, 4.69) is 28.7 Å². The molecule has 0 aliphatic carbocycles. The second kappa shape index (κ2) is 8.13. The van der Waals surface area contributed by atoms with Crippen LogP contribution in [0.1, 0.15) is 31.2 Å². The fourth-order valence-electron chi connectivity index (χ4n) is 2.59. The van der Waals surface area contributed by atoms with Gasteiger partial charge < -0.3 is 15.5 Å². The molecule has 6 heteroatoms. The van der Waals surface area contributed by atoms with Gasteiger partial charge in [0.2, 0.25) is 5.91 Å². The number of nitriles is 1. The maximum Gasteiger partial charge on any atom is 0.226 e. The van der Waals surface area contributed by atoms with Gasteiger partial charge in [-0.3, -0.25) is 4.79 Å². The van der Waals surface area contributed by atoms with Crippen LogP contribution in [-0.4, -0.2) is 43.5 Å². The molecule has 1 atom stereocenters. The first kappa shape index (κ1) is 16.0. The highest BCUT2D eigenvalue weighted by Crippen LogP contribution is 2.22. The summed E-state index contributed by atoms with van der Waals surface area (Å²) in [7, 11) is 2.09. The number of hydrogen-bond donors (Lipinski definition) is 2. The number of thiophene rings is 1. The molecule has 21 heavy (non-hydrogen) atoms. The van der Waals surface area contributed by atoms with E-state index in [0.29, 0.717) is 23.0 Å². The third-order valence-corrected chi connectivity index (χ3v) is 4.73. The summed E-state index contributed by atoms with van der Waals surface area (Å²) in [6.07, 6.45) is 3.99. The average molecular weight is 306 g/mol. The van der Waals surface area contributed by atoms with Crippen molar-refractivity contribution in [2.45, 2.75) is 31.7 Å². The van der Waals surface area contributed by atoms with Gasteiger partial charge in [-0.15, -0.1) is 11.3 Å². The molecule has 114 valence electrons. The third-order valence-electron chi connectivity index (χ3n) is 3.90. The normalized spacial score (nSPS) is 19.0. The summed E-state index contributed by atoms with van der Waals surface area (Å²) in [5.74, 6) is -0.0208. The first-order valence-electron chi connectivity index (χ1n) is 7.39. The fraction of sp³-hybridized carbons (Fsp3) is 0.600. The molecule has 2 heterocycles. The molecule has 5 nitrogen and oxygen atoms in total. The van der Waals surface area contributed by atoms with Crippen molar-refractivity contribution in [3.63, 3.8) is 0 Å². The highest BCUT2D eigenvalue weighted by atomic mass is 32.1. The fourth-order valence-corrected chi connectivity index (χ4v) is 3.34.